The van der Waals surface area contributed by atoms with Crippen molar-refractivity contribution in [3.8, 4) is 0 Å². The fraction of sp³-hybridized carbons (Fsp3) is 0.588. The molecule has 5 heteroatoms. The number of aromatic nitrogens is 2. The van der Waals surface area contributed by atoms with Gasteiger partial charge in [0.2, 0.25) is 0 Å². The van der Waals surface area contributed by atoms with E-state index >= 15 is 0 Å². The van der Waals surface area contributed by atoms with E-state index in [4.69, 9.17) is 0 Å². The van der Waals surface area contributed by atoms with Crippen LogP contribution in [0, 0.1) is 5.92 Å². The number of carbonyl (C=O) groups is 1. The van der Waals surface area contributed by atoms with Gasteiger partial charge in [0.25, 0.3) is 5.91 Å². The lowest BCUT2D eigenvalue weighted by atomic mass is 9.93. The molecule has 2 heterocycles. The van der Waals surface area contributed by atoms with E-state index in [1.165, 1.54) is 19.3 Å². The molecule has 1 atom stereocenters. The summed E-state index contributed by atoms with van der Waals surface area (Å²) >= 11 is 0. The molecule has 0 spiro atoms. The molecule has 0 aromatic carbocycles. The number of hydrogen-bond acceptors (Lipinski definition) is 4. The molecule has 1 N–H and O–H groups in total. The van der Waals surface area contributed by atoms with Crippen LogP contribution in [0.4, 0.5) is 0 Å². The van der Waals surface area contributed by atoms with Crippen LogP contribution >= 0.6 is 0 Å². The van der Waals surface area contributed by atoms with Gasteiger partial charge in [0.15, 0.2) is 0 Å². The van der Waals surface area contributed by atoms with Crippen LogP contribution in [0.25, 0.3) is 0 Å². The Labute approximate surface area is 131 Å². The zero-order valence-corrected chi connectivity index (χ0v) is 12.9. The molecule has 1 aliphatic heterocycles. The molecule has 5 nitrogen and oxygen atoms in total. The van der Waals surface area contributed by atoms with Gasteiger partial charge in [-0.15, -0.1) is 0 Å². The fourth-order valence-corrected chi connectivity index (χ4v) is 3.23. The number of piperidine rings is 1. The second-order valence-corrected chi connectivity index (χ2v) is 6.22. The summed E-state index contributed by atoms with van der Waals surface area (Å²) in [5, 5.41) is 3.69. The number of likely N-dealkylation sites (tertiary alicyclic amines) is 1. The average Bonchev–Trinajstić information content (AvgIpc) is 2.61. The van der Waals surface area contributed by atoms with Crippen molar-refractivity contribution in [2.45, 2.75) is 38.1 Å². The predicted molar refractivity (Wildman–Crippen MR) is 85.4 cm³/mol. The number of nitrogens with zero attached hydrogens (tertiary/aromatic N) is 3. The van der Waals surface area contributed by atoms with Crippen molar-refractivity contribution in [2.24, 2.45) is 5.92 Å². The van der Waals surface area contributed by atoms with Crippen molar-refractivity contribution in [1.29, 1.82) is 0 Å². The van der Waals surface area contributed by atoms with Crippen molar-refractivity contribution in [2.75, 3.05) is 19.6 Å². The van der Waals surface area contributed by atoms with Crippen molar-refractivity contribution in [1.82, 2.24) is 20.2 Å². The van der Waals surface area contributed by atoms with Crippen LogP contribution in [0.5, 0.6) is 0 Å². The monoisotopic (exact) mass is 300 g/mol. The Morgan fingerprint density at radius 2 is 2.09 bits per heavy atom. The van der Waals surface area contributed by atoms with Gasteiger partial charge in [-0.3, -0.25) is 9.78 Å². The van der Waals surface area contributed by atoms with Crippen molar-refractivity contribution >= 4 is 5.91 Å². The number of allylic oxidation sites excluding steroid dienone is 2. The van der Waals surface area contributed by atoms with E-state index in [0.29, 0.717) is 11.7 Å². The van der Waals surface area contributed by atoms with Gasteiger partial charge >= 0.3 is 0 Å². The largest absolute Gasteiger partial charge is 0.337 e. The highest BCUT2D eigenvalue weighted by Gasteiger charge is 2.24. The molecule has 1 aliphatic carbocycles. The second-order valence-electron chi connectivity index (χ2n) is 6.22. The maximum absolute atomic E-state index is 12.3. The lowest BCUT2D eigenvalue weighted by Crippen LogP contribution is -2.46. The van der Waals surface area contributed by atoms with Crippen LogP contribution < -0.4 is 5.32 Å². The summed E-state index contributed by atoms with van der Waals surface area (Å²) in [6.45, 7) is 2.71. The Balaban J connectivity index is 1.42. The van der Waals surface area contributed by atoms with Crippen LogP contribution in [0.15, 0.2) is 30.7 Å². The summed E-state index contributed by atoms with van der Waals surface area (Å²) in [6, 6.07) is 0.539. The van der Waals surface area contributed by atoms with Crippen LogP contribution in [0.2, 0.25) is 0 Å². The minimum atomic E-state index is 0.00367. The molecule has 2 aliphatic rings. The summed E-state index contributed by atoms with van der Waals surface area (Å²) in [4.78, 5) is 22.3. The van der Waals surface area contributed by atoms with Crippen LogP contribution in [-0.4, -0.2) is 46.5 Å². The first-order chi connectivity index (χ1) is 10.8. The second kappa shape index (κ2) is 7.49. The van der Waals surface area contributed by atoms with Crippen LogP contribution in [0.1, 0.15) is 42.6 Å². The topological polar surface area (TPSA) is 58.1 Å². The Kier molecular flexibility index (Phi) is 5.16. The Morgan fingerprint density at radius 1 is 1.23 bits per heavy atom. The molecule has 0 saturated carbocycles. The van der Waals surface area contributed by atoms with Gasteiger partial charge in [-0.1, -0.05) is 12.2 Å². The first kappa shape index (κ1) is 15.2. The number of carbonyl (C=O) groups excluding carboxylic acids is 1. The van der Waals surface area contributed by atoms with Crippen molar-refractivity contribution in [3.63, 3.8) is 0 Å². The number of rotatable bonds is 4. The summed E-state index contributed by atoms with van der Waals surface area (Å²) in [5.74, 6) is 0.785. The molecular formula is C17H24N4O. The average molecular weight is 300 g/mol. The maximum Gasteiger partial charge on any atom is 0.274 e. The molecule has 1 fully saturated rings. The number of nitrogens with one attached hydrogen (secondary N) is 1. The smallest absolute Gasteiger partial charge is 0.274 e. The molecule has 0 unspecified atom stereocenters. The molecule has 22 heavy (non-hydrogen) atoms. The van der Waals surface area contributed by atoms with Crippen molar-refractivity contribution < 1.29 is 4.79 Å². The Morgan fingerprint density at radius 3 is 2.77 bits per heavy atom. The Hall–Kier alpha value is -1.75. The first-order valence-corrected chi connectivity index (χ1v) is 8.26. The van der Waals surface area contributed by atoms with Gasteiger partial charge in [0, 0.05) is 31.5 Å². The van der Waals surface area contributed by atoms with E-state index in [2.05, 4.69) is 27.4 Å². The van der Waals surface area contributed by atoms with Gasteiger partial charge in [-0.05, 0) is 44.6 Å². The highest BCUT2D eigenvalue weighted by Crippen LogP contribution is 2.18. The lowest BCUT2D eigenvalue weighted by molar-refractivity contribution is 0.0697. The minimum absolute atomic E-state index is 0.00367. The van der Waals surface area contributed by atoms with E-state index in [0.717, 1.165) is 38.4 Å². The van der Waals surface area contributed by atoms with E-state index in [-0.39, 0.29) is 5.91 Å². The lowest BCUT2D eigenvalue weighted by Gasteiger charge is -2.33. The highest BCUT2D eigenvalue weighted by molar-refractivity contribution is 5.92. The van der Waals surface area contributed by atoms with Gasteiger partial charge < -0.3 is 10.2 Å². The van der Waals surface area contributed by atoms with Crippen LogP contribution in [-0.2, 0) is 0 Å². The first-order valence-electron chi connectivity index (χ1n) is 8.26. The molecule has 118 valence electrons. The van der Waals surface area contributed by atoms with Gasteiger partial charge in [0.1, 0.15) is 5.69 Å². The minimum Gasteiger partial charge on any atom is -0.337 e. The third-order valence-corrected chi connectivity index (χ3v) is 4.64. The summed E-state index contributed by atoms with van der Waals surface area (Å²) in [6.07, 6.45) is 15.1. The predicted octanol–water partition coefficient (Wildman–Crippen LogP) is 2.03. The fourth-order valence-electron chi connectivity index (χ4n) is 3.23. The van der Waals surface area contributed by atoms with E-state index in [1.807, 2.05) is 4.90 Å². The standard InChI is InChI=1S/C17H24N4O/c22-17(16-13-18-8-9-19-16)21-10-6-15(7-11-21)20-12-14-4-2-1-3-5-14/h1-2,8-9,13-15,20H,3-7,10-12H2/t14-/m1/s1. The molecule has 0 bridgehead atoms. The summed E-state index contributed by atoms with van der Waals surface area (Å²) in [5.41, 5.74) is 0.447. The number of amides is 1. The molecule has 1 aromatic heterocycles. The number of hydrogen-bond donors (Lipinski definition) is 1. The van der Waals surface area contributed by atoms with E-state index in [9.17, 15) is 4.79 Å². The Bertz CT molecular complexity index is 509. The van der Waals surface area contributed by atoms with Gasteiger partial charge in [-0.2, -0.15) is 0 Å². The summed E-state index contributed by atoms with van der Waals surface area (Å²) in [7, 11) is 0. The quantitative estimate of drug-likeness (QED) is 0.864. The SMILES string of the molecule is O=C(c1cnccn1)N1CCC(NC[C@@H]2CC=CCC2)CC1. The van der Waals surface area contributed by atoms with Gasteiger partial charge in [-0.25, -0.2) is 4.98 Å². The van der Waals surface area contributed by atoms with Crippen LogP contribution in [0.3, 0.4) is 0 Å². The maximum atomic E-state index is 12.3. The molecule has 3 rings (SSSR count). The zero-order chi connectivity index (χ0) is 15.2. The van der Waals surface area contributed by atoms with Crippen molar-refractivity contribution in [3.05, 3.63) is 36.4 Å². The molecule has 1 amide bonds. The third-order valence-electron chi connectivity index (χ3n) is 4.64. The highest BCUT2D eigenvalue weighted by atomic mass is 16.2. The summed E-state index contributed by atoms with van der Waals surface area (Å²) < 4.78 is 0. The van der Waals surface area contributed by atoms with Gasteiger partial charge in [0.05, 0.1) is 6.20 Å². The normalized spacial score (nSPS) is 22.7. The molecule has 1 saturated heterocycles. The van der Waals surface area contributed by atoms with E-state index in [1.54, 1.807) is 18.6 Å². The molecular weight excluding hydrogens is 276 g/mol. The third kappa shape index (κ3) is 3.91. The molecule has 1 aromatic rings. The zero-order valence-electron chi connectivity index (χ0n) is 12.9. The molecule has 0 radical (unpaired) electrons. The van der Waals surface area contributed by atoms with E-state index < -0.39 is 0 Å².